The van der Waals surface area contributed by atoms with E-state index in [-0.39, 0.29) is 0 Å². The van der Waals surface area contributed by atoms with Gasteiger partial charge in [-0.1, -0.05) is 133 Å². The summed E-state index contributed by atoms with van der Waals surface area (Å²) in [5.41, 5.74) is 5.66. The Bertz CT molecular complexity index is 2800. The van der Waals surface area contributed by atoms with Gasteiger partial charge in [-0.05, 0) is 74.5 Å². The largest absolute Gasteiger partial charge is 0.286 e. The highest BCUT2D eigenvalue weighted by atomic mass is 32.1. The van der Waals surface area contributed by atoms with Gasteiger partial charge in [0, 0.05) is 36.9 Å². The van der Waals surface area contributed by atoms with Gasteiger partial charge in [0.2, 0.25) is 0 Å². The van der Waals surface area contributed by atoms with Crippen molar-refractivity contribution in [3.05, 3.63) is 158 Å². The average Bonchev–Trinajstić information content (AvgIpc) is 3.73. The number of benzene rings is 8. The molecule has 10 rings (SSSR count). The number of hydrogen-bond donors (Lipinski definition) is 0. The van der Waals surface area contributed by atoms with Gasteiger partial charge in [-0.25, -0.2) is 4.98 Å². The molecule has 0 bridgehead atoms. The molecule has 0 aliphatic carbocycles. The van der Waals surface area contributed by atoms with Crippen LogP contribution in [0, 0.1) is 0 Å². The first-order valence-corrected chi connectivity index (χ1v) is 17.4. The Kier molecular flexibility index (Phi) is 5.95. The van der Waals surface area contributed by atoms with Gasteiger partial charge in [0.05, 0.1) is 10.2 Å². The zero-order valence-corrected chi connectivity index (χ0v) is 26.9. The average molecular weight is 635 g/mol. The summed E-state index contributed by atoms with van der Waals surface area (Å²) >= 11 is 3.62. The van der Waals surface area contributed by atoms with Gasteiger partial charge >= 0.3 is 0 Å². The van der Waals surface area contributed by atoms with Crippen LogP contribution in [0.3, 0.4) is 0 Å². The lowest BCUT2D eigenvalue weighted by Crippen LogP contribution is -2.09. The van der Waals surface area contributed by atoms with Crippen LogP contribution in [0.1, 0.15) is 0 Å². The van der Waals surface area contributed by atoms with Crippen molar-refractivity contribution in [3.63, 3.8) is 0 Å². The van der Waals surface area contributed by atoms with Gasteiger partial charge in [-0.3, -0.25) is 4.90 Å². The fourth-order valence-corrected chi connectivity index (χ4v) is 9.36. The van der Waals surface area contributed by atoms with Crippen molar-refractivity contribution in [3.8, 4) is 11.1 Å². The van der Waals surface area contributed by atoms with E-state index in [1.165, 1.54) is 68.3 Å². The molecule has 8 aromatic carbocycles. The Labute approximate surface area is 279 Å². The normalized spacial score (nSPS) is 11.8. The van der Waals surface area contributed by atoms with Crippen molar-refractivity contribution in [1.82, 2.24) is 4.98 Å². The van der Waals surface area contributed by atoms with Crippen LogP contribution in [0.15, 0.2) is 158 Å². The predicted molar refractivity (Wildman–Crippen MR) is 205 cm³/mol. The lowest BCUT2D eigenvalue weighted by molar-refractivity contribution is 1.26. The van der Waals surface area contributed by atoms with E-state index in [9.17, 15) is 0 Å². The molecule has 0 spiro atoms. The maximum absolute atomic E-state index is 5.31. The molecule has 0 unspecified atom stereocenters. The third-order valence-corrected chi connectivity index (χ3v) is 11.5. The van der Waals surface area contributed by atoms with Gasteiger partial charge in [0.1, 0.15) is 0 Å². The van der Waals surface area contributed by atoms with Crippen molar-refractivity contribution in [2.24, 2.45) is 0 Å². The molecule has 220 valence electrons. The van der Waals surface area contributed by atoms with Crippen LogP contribution in [0.2, 0.25) is 0 Å². The molecule has 2 heterocycles. The second kappa shape index (κ2) is 10.5. The Morgan fingerprint density at radius 2 is 1.11 bits per heavy atom. The fourth-order valence-electron chi connectivity index (χ4n) is 7.05. The maximum atomic E-state index is 5.31. The van der Waals surface area contributed by atoms with Crippen LogP contribution >= 0.6 is 22.7 Å². The molecule has 0 saturated carbocycles. The van der Waals surface area contributed by atoms with E-state index in [0.29, 0.717) is 0 Å². The molecule has 0 radical (unpaired) electrons. The fraction of sp³-hybridized carbons (Fsp3) is 0. The molecular formula is C43H26N2S2. The first-order valence-electron chi connectivity index (χ1n) is 15.8. The highest BCUT2D eigenvalue weighted by Crippen LogP contribution is 2.45. The summed E-state index contributed by atoms with van der Waals surface area (Å²) < 4.78 is 3.80. The van der Waals surface area contributed by atoms with Gasteiger partial charge in [-0.2, -0.15) is 0 Å². The Hall–Kier alpha value is -5.55. The van der Waals surface area contributed by atoms with Crippen LogP contribution < -0.4 is 4.90 Å². The number of thiophene rings is 1. The Morgan fingerprint density at radius 3 is 1.98 bits per heavy atom. The summed E-state index contributed by atoms with van der Waals surface area (Å²) in [6.45, 7) is 0. The third kappa shape index (κ3) is 4.26. The minimum Gasteiger partial charge on any atom is -0.286 e. The molecule has 0 fully saturated rings. The highest BCUT2D eigenvalue weighted by molar-refractivity contribution is 7.26. The summed E-state index contributed by atoms with van der Waals surface area (Å²) in [6.07, 6.45) is 0. The lowest BCUT2D eigenvalue weighted by atomic mass is 9.98. The first kappa shape index (κ1) is 26.6. The van der Waals surface area contributed by atoms with Crippen LogP contribution in [0.25, 0.3) is 73.8 Å². The summed E-state index contributed by atoms with van der Waals surface area (Å²) in [5, 5.41) is 11.1. The number of fused-ring (bicyclic) bond motifs is 9. The van der Waals surface area contributed by atoms with E-state index in [1.54, 1.807) is 11.3 Å². The SMILES string of the molecule is c1ccc2c(-c3ccc(N(c4ccc5c(c4)sc4ccccc45)c4nc5ccc6ccc7ccccc7c6c5s4)cc3)cccc2c1. The van der Waals surface area contributed by atoms with E-state index < -0.39 is 0 Å². The van der Waals surface area contributed by atoms with E-state index >= 15 is 0 Å². The van der Waals surface area contributed by atoms with Gasteiger partial charge in [0.15, 0.2) is 5.13 Å². The smallest absolute Gasteiger partial charge is 0.195 e. The number of aromatic nitrogens is 1. The van der Waals surface area contributed by atoms with Gasteiger partial charge in [0.25, 0.3) is 0 Å². The van der Waals surface area contributed by atoms with Crippen molar-refractivity contribution in [2.75, 3.05) is 4.90 Å². The lowest BCUT2D eigenvalue weighted by Gasteiger charge is -2.23. The first-order chi connectivity index (χ1) is 23.3. The van der Waals surface area contributed by atoms with E-state index in [0.717, 1.165) is 22.0 Å². The van der Waals surface area contributed by atoms with Crippen molar-refractivity contribution in [1.29, 1.82) is 0 Å². The molecule has 0 saturated heterocycles. The molecule has 4 heteroatoms. The molecule has 0 N–H and O–H groups in total. The molecule has 2 nitrogen and oxygen atoms in total. The second-order valence-corrected chi connectivity index (χ2v) is 14.0. The van der Waals surface area contributed by atoms with Gasteiger partial charge < -0.3 is 0 Å². The minimum absolute atomic E-state index is 0.957. The molecule has 0 aliphatic heterocycles. The zero-order valence-electron chi connectivity index (χ0n) is 25.2. The van der Waals surface area contributed by atoms with Crippen molar-refractivity contribution >= 4 is 102 Å². The predicted octanol–water partition coefficient (Wildman–Crippen LogP) is 13.3. The van der Waals surface area contributed by atoms with E-state index in [1.807, 2.05) is 11.3 Å². The standard InChI is InChI=1S/C43H26N2S2/c1-3-11-33-27(8-1)10-7-14-34(33)29-18-21-31(22-19-29)45(32-23-24-37-36-13-5-6-15-39(36)46-40(37)26-32)43-44-38-25-20-30-17-16-28-9-2-4-12-35(28)41(30)42(38)47-43/h1-26H. The molecule has 10 aromatic rings. The second-order valence-electron chi connectivity index (χ2n) is 12.0. The van der Waals surface area contributed by atoms with E-state index in [2.05, 4.69) is 163 Å². The number of nitrogens with zero attached hydrogens (tertiary/aromatic N) is 2. The highest BCUT2D eigenvalue weighted by Gasteiger charge is 2.20. The topological polar surface area (TPSA) is 16.1 Å². The van der Waals surface area contributed by atoms with Gasteiger partial charge in [-0.15, -0.1) is 11.3 Å². The van der Waals surface area contributed by atoms with Crippen molar-refractivity contribution in [2.45, 2.75) is 0 Å². The monoisotopic (exact) mass is 634 g/mol. The number of hydrogen-bond acceptors (Lipinski definition) is 4. The molecule has 0 atom stereocenters. The number of rotatable bonds is 4. The zero-order chi connectivity index (χ0) is 30.9. The molecule has 47 heavy (non-hydrogen) atoms. The summed E-state index contributed by atoms with van der Waals surface area (Å²) in [4.78, 5) is 7.65. The Balaban J connectivity index is 1.18. The summed E-state index contributed by atoms with van der Waals surface area (Å²) in [5.74, 6) is 0. The quantitative estimate of drug-likeness (QED) is 0.179. The van der Waals surface area contributed by atoms with Crippen molar-refractivity contribution < 1.29 is 0 Å². The maximum Gasteiger partial charge on any atom is 0.195 e. The van der Waals surface area contributed by atoms with E-state index in [4.69, 9.17) is 4.98 Å². The van der Waals surface area contributed by atoms with Crippen LogP contribution in [-0.2, 0) is 0 Å². The third-order valence-electron chi connectivity index (χ3n) is 9.29. The molecule has 2 aromatic heterocycles. The van der Waals surface area contributed by atoms with Crippen LogP contribution in [0.5, 0.6) is 0 Å². The number of thiazole rings is 1. The summed E-state index contributed by atoms with van der Waals surface area (Å²) in [7, 11) is 0. The molecular weight excluding hydrogens is 609 g/mol. The van der Waals surface area contributed by atoms with Crippen LogP contribution in [-0.4, -0.2) is 4.98 Å². The molecule has 0 aliphatic rings. The Morgan fingerprint density at radius 1 is 0.447 bits per heavy atom. The summed E-state index contributed by atoms with van der Waals surface area (Å²) in [6, 6.07) is 57.2. The molecule has 0 amide bonds. The minimum atomic E-state index is 0.957. The number of anilines is 3. The van der Waals surface area contributed by atoms with Crippen LogP contribution in [0.4, 0.5) is 16.5 Å².